The van der Waals surface area contributed by atoms with E-state index in [1.807, 2.05) is 24.3 Å². The van der Waals surface area contributed by atoms with Crippen LogP contribution in [0.25, 0.3) is 11.3 Å². The number of nitrogens with zero attached hydrogens (tertiary/aromatic N) is 5. The first-order valence-electron chi connectivity index (χ1n) is 6.24. The van der Waals surface area contributed by atoms with Gasteiger partial charge in [-0.15, -0.1) is 5.10 Å². The molecule has 0 radical (unpaired) electrons. The van der Waals surface area contributed by atoms with E-state index >= 15 is 0 Å². The Bertz CT molecular complexity index is 737. The molecular weight excluding hydrogens is 475 g/mol. The number of halogens is 4. The summed E-state index contributed by atoms with van der Waals surface area (Å²) in [6.07, 6.45) is 1.51. The maximum atomic E-state index is 12.4. The molecule has 0 unspecified atom stereocenters. The molecule has 0 spiro atoms. The van der Waals surface area contributed by atoms with Gasteiger partial charge in [0.25, 0.3) is 3.79 Å². The molecule has 0 fully saturated rings. The number of Topliss-reactive ketones (excluding diaryl/α,β-unsaturated/α-hetero) is 1. The smallest absolute Gasteiger partial charge is 0.253 e. The van der Waals surface area contributed by atoms with Gasteiger partial charge >= 0.3 is 0 Å². The number of ketones is 1. The van der Waals surface area contributed by atoms with Crippen molar-refractivity contribution in [2.75, 3.05) is 14.1 Å². The topological polar surface area (TPSA) is 63.9 Å². The van der Waals surface area contributed by atoms with Gasteiger partial charge in [-0.05, 0) is 57.3 Å². The van der Waals surface area contributed by atoms with Crippen molar-refractivity contribution in [3.05, 3.63) is 39.9 Å². The van der Waals surface area contributed by atoms with Crippen LogP contribution in [0.15, 0.2) is 30.5 Å². The van der Waals surface area contributed by atoms with Gasteiger partial charge in [-0.2, -0.15) is 4.68 Å². The number of hydrogen-bond acceptors (Lipinski definition) is 5. The van der Waals surface area contributed by atoms with Crippen molar-refractivity contribution in [1.82, 2.24) is 25.1 Å². The van der Waals surface area contributed by atoms with E-state index in [2.05, 4.69) is 38.1 Å². The molecule has 1 aromatic carbocycles. The number of benzene rings is 1. The molecule has 2 aromatic rings. The van der Waals surface area contributed by atoms with Gasteiger partial charge in [0, 0.05) is 23.9 Å². The molecule has 0 atom stereocenters. The minimum absolute atomic E-state index is 0.0959. The lowest BCUT2D eigenvalue weighted by Gasteiger charge is -2.15. The first kappa shape index (κ1) is 18.4. The standard InChI is InChI=1S/C13H11Cl3IN5O/c1-21(2)7-10(11(23)13(14,15)16)12-18-19-20-22(12)9-5-3-8(17)4-6-9/h3-7H,1-2H3/b10-7+. The molecule has 1 aromatic heterocycles. The summed E-state index contributed by atoms with van der Waals surface area (Å²) in [4.78, 5) is 14.1. The first-order chi connectivity index (χ1) is 10.7. The Hall–Kier alpha value is -0.900. The van der Waals surface area contributed by atoms with E-state index in [4.69, 9.17) is 34.8 Å². The number of tetrazole rings is 1. The van der Waals surface area contributed by atoms with Crippen LogP contribution >= 0.6 is 57.4 Å². The molecule has 0 bridgehead atoms. The van der Waals surface area contributed by atoms with Crippen LogP contribution in [0.3, 0.4) is 0 Å². The molecule has 6 nitrogen and oxygen atoms in total. The molecule has 0 saturated heterocycles. The van der Waals surface area contributed by atoms with E-state index in [1.54, 1.807) is 19.0 Å². The minimum atomic E-state index is -2.11. The number of carbonyl (C=O) groups excluding carboxylic acids is 1. The molecule has 0 saturated carbocycles. The lowest BCUT2D eigenvalue weighted by molar-refractivity contribution is -0.113. The third-order valence-electron chi connectivity index (χ3n) is 2.67. The summed E-state index contributed by atoms with van der Waals surface area (Å²) < 4.78 is 0.368. The average Bonchev–Trinajstić information content (AvgIpc) is 2.92. The van der Waals surface area contributed by atoms with E-state index < -0.39 is 9.58 Å². The van der Waals surface area contributed by atoms with E-state index in [0.29, 0.717) is 5.69 Å². The fourth-order valence-electron chi connectivity index (χ4n) is 1.74. The van der Waals surface area contributed by atoms with Gasteiger partial charge in [0.15, 0.2) is 5.82 Å². The van der Waals surface area contributed by atoms with Gasteiger partial charge in [0.1, 0.15) is 0 Å². The first-order valence-corrected chi connectivity index (χ1v) is 8.46. The fourth-order valence-corrected chi connectivity index (χ4v) is 2.41. The van der Waals surface area contributed by atoms with Crippen molar-refractivity contribution in [3.63, 3.8) is 0 Å². The quantitative estimate of drug-likeness (QED) is 0.378. The number of hydrogen-bond donors (Lipinski definition) is 0. The zero-order valence-corrected chi connectivity index (χ0v) is 16.5. The maximum Gasteiger partial charge on any atom is 0.253 e. The second-order valence-corrected chi connectivity index (χ2v) is 8.25. The molecule has 0 aliphatic heterocycles. The van der Waals surface area contributed by atoms with Crippen LogP contribution < -0.4 is 0 Å². The molecule has 10 heteroatoms. The van der Waals surface area contributed by atoms with Crippen LogP contribution in [-0.2, 0) is 4.79 Å². The van der Waals surface area contributed by atoms with Gasteiger partial charge in [0.05, 0.1) is 11.3 Å². The summed E-state index contributed by atoms with van der Waals surface area (Å²) in [5.41, 5.74) is 0.783. The van der Waals surface area contributed by atoms with Gasteiger partial charge < -0.3 is 4.90 Å². The van der Waals surface area contributed by atoms with Crippen molar-refractivity contribution in [3.8, 4) is 5.69 Å². The van der Waals surface area contributed by atoms with Crippen LogP contribution in [0.4, 0.5) is 0 Å². The molecular formula is C13H11Cl3IN5O. The third-order valence-corrected chi connectivity index (χ3v) is 3.91. The molecule has 122 valence electrons. The van der Waals surface area contributed by atoms with Crippen LogP contribution in [0.5, 0.6) is 0 Å². The largest absolute Gasteiger partial charge is 0.383 e. The number of alkyl halides is 3. The predicted octanol–water partition coefficient (Wildman–Crippen LogP) is 3.11. The number of carbonyl (C=O) groups is 1. The Balaban J connectivity index is 2.56. The Labute approximate surface area is 161 Å². The summed E-state index contributed by atoms with van der Waals surface area (Å²) in [7, 11) is 3.48. The SMILES string of the molecule is CN(C)/C=C(\C(=O)C(Cl)(Cl)Cl)c1nnnn1-c1ccc(I)cc1. The maximum absolute atomic E-state index is 12.4. The summed E-state index contributed by atoms with van der Waals surface area (Å²) >= 11 is 19.4. The van der Waals surface area contributed by atoms with Crippen molar-refractivity contribution in [2.45, 2.75) is 3.79 Å². The molecule has 0 aliphatic carbocycles. The number of allylic oxidation sites excluding steroid dienone is 1. The van der Waals surface area contributed by atoms with Crippen LogP contribution in [-0.4, -0.2) is 48.8 Å². The number of rotatable bonds is 4. The highest BCUT2D eigenvalue weighted by atomic mass is 127. The zero-order valence-electron chi connectivity index (χ0n) is 12.0. The molecule has 2 rings (SSSR count). The van der Waals surface area contributed by atoms with Crippen molar-refractivity contribution >= 4 is 68.8 Å². The summed E-state index contributed by atoms with van der Waals surface area (Å²) in [5, 5.41) is 11.5. The van der Waals surface area contributed by atoms with Gasteiger partial charge in [-0.25, -0.2) is 0 Å². The van der Waals surface area contributed by atoms with Crippen molar-refractivity contribution < 1.29 is 4.79 Å². The predicted molar refractivity (Wildman–Crippen MR) is 98.8 cm³/mol. The molecule has 0 N–H and O–H groups in total. The fraction of sp³-hybridized carbons (Fsp3) is 0.231. The highest BCUT2D eigenvalue weighted by molar-refractivity contribution is 14.1. The van der Waals surface area contributed by atoms with Crippen LogP contribution in [0.1, 0.15) is 5.82 Å². The average molecular weight is 487 g/mol. The molecule has 1 heterocycles. The summed E-state index contributed by atoms with van der Waals surface area (Å²) in [6, 6.07) is 7.45. The Morgan fingerprint density at radius 1 is 1.26 bits per heavy atom. The second-order valence-electron chi connectivity index (χ2n) is 4.72. The zero-order chi connectivity index (χ0) is 17.2. The van der Waals surface area contributed by atoms with E-state index in [-0.39, 0.29) is 11.4 Å². The highest BCUT2D eigenvalue weighted by Crippen LogP contribution is 2.33. The lowest BCUT2D eigenvalue weighted by Crippen LogP contribution is -2.23. The van der Waals surface area contributed by atoms with Crippen LogP contribution in [0, 0.1) is 3.57 Å². The second kappa shape index (κ2) is 7.33. The van der Waals surface area contributed by atoms with Crippen molar-refractivity contribution in [2.24, 2.45) is 0 Å². The van der Waals surface area contributed by atoms with E-state index in [9.17, 15) is 4.79 Å². The Kier molecular flexibility index (Phi) is 5.88. The van der Waals surface area contributed by atoms with Gasteiger partial charge in [0.2, 0.25) is 5.78 Å². The van der Waals surface area contributed by atoms with E-state index in [0.717, 1.165) is 3.57 Å². The molecule has 0 amide bonds. The highest BCUT2D eigenvalue weighted by Gasteiger charge is 2.36. The summed E-state index contributed by atoms with van der Waals surface area (Å²) in [6.45, 7) is 0. The van der Waals surface area contributed by atoms with Crippen molar-refractivity contribution in [1.29, 1.82) is 0 Å². The third kappa shape index (κ3) is 4.56. The monoisotopic (exact) mass is 485 g/mol. The van der Waals surface area contributed by atoms with E-state index in [1.165, 1.54) is 10.9 Å². The number of aromatic nitrogens is 4. The van der Waals surface area contributed by atoms with Gasteiger partial charge in [-0.3, -0.25) is 4.79 Å². The Morgan fingerprint density at radius 2 is 1.87 bits per heavy atom. The molecule has 0 aliphatic rings. The normalized spacial score (nSPS) is 12.3. The van der Waals surface area contributed by atoms with Crippen LogP contribution in [0.2, 0.25) is 0 Å². The minimum Gasteiger partial charge on any atom is -0.383 e. The summed E-state index contributed by atoms with van der Waals surface area (Å²) in [5.74, 6) is -0.519. The van der Waals surface area contributed by atoms with Gasteiger partial charge in [-0.1, -0.05) is 34.8 Å². The Morgan fingerprint density at radius 3 is 2.39 bits per heavy atom. The molecule has 23 heavy (non-hydrogen) atoms. The lowest BCUT2D eigenvalue weighted by atomic mass is 10.1.